The Labute approximate surface area is 233 Å². The van der Waals surface area contributed by atoms with Crippen molar-refractivity contribution in [2.45, 2.75) is 31.5 Å². The highest BCUT2D eigenvalue weighted by molar-refractivity contribution is 5.98. The summed E-state index contributed by atoms with van der Waals surface area (Å²) in [4.78, 5) is 37.2. The Morgan fingerprint density at radius 3 is 2.70 bits per heavy atom. The van der Waals surface area contributed by atoms with Gasteiger partial charge in [0, 0.05) is 56.4 Å². The van der Waals surface area contributed by atoms with Gasteiger partial charge in [0.2, 0.25) is 5.91 Å². The van der Waals surface area contributed by atoms with Gasteiger partial charge in [0.1, 0.15) is 5.65 Å². The second kappa shape index (κ2) is 10.9. The first-order valence-electron chi connectivity index (χ1n) is 13.9. The molecular weight excluding hydrogens is 504 g/mol. The van der Waals surface area contributed by atoms with E-state index in [1.807, 2.05) is 62.6 Å². The van der Waals surface area contributed by atoms with Crippen LogP contribution in [0.2, 0.25) is 0 Å². The number of nitrogens with one attached hydrogen (secondary N) is 3. The van der Waals surface area contributed by atoms with E-state index in [-0.39, 0.29) is 23.9 Å². The van der Waals surface area contributed by atoms with Crippen molar-refractivity contribution in [1.29, 1.82) is 0 Å². The molecule has 0 spiro atoms. The number of fused-ring (bicyclic) bond motifs is 2. The fourth-order valence-corrected chi connectivity index (χ4v) is 5.42. The van der Waals surface area contributed by atoms with Crippen molar-refractivity contribution in [1.82, 2.24) is 40.0 Å². The lowest BCUT2D eigenvalue weighted by Gasteiger charge is -2.20. The third kappa shape index (κ3) is 5.37. The highest BCUT2D eigenvalue weighted by Gasteiger charge is 2.30. The number of amides is 2. The lowest BCUT2D eigenvalue weighted by Crippen LogP contribution is -2.50. The highest BCUT2D eigenvalue weighted by Crippen LogP contribution is 2.35. The molecule has 4 heterocycles. The first-order valence-corrected chi connectivity index (χ1v) is 13.9. The normalized spacial score (nSPS) is 19.3. The van der Waals surface area contributed by atoms with Crippen molar-refractivity contribution in [2.75, 3.05) is 33.7 Å². The van der Waals surface area contributed by atoms with Gasteiger partial charge in [-0.3, -0.25) is 9.59 Å². The molecule has 2 fully saturated rings. The minimum Gasteiger partial charge on any atom is -0.346 e. The number of carbonyl (C=O) groups excluding carboxylic acids is 2. The predicted molar refractivity (Wildman–Crippen MR) is 156 cm³/mol. The zero-order chi connectivity index (χ0) is 27.8. The molecular formula is C30H36N8O2. The molecule has 1 saturated heterocycles. The lowest BCUT2D eigenvalue weighted by atomic mass is 10.1. The fourth-order valence-electron chi connectivity index (χ4n) is 5.42. The summed E-state index contributed by atoms with van der Waals surface area (Å²) >= 11 is 0. The third-order valence-corrected chi connectivity index (χ3v) is 7.76. The molecule has 1 saturated carbocycles. The van der Waals surface area contributed by atoms with Crippen molar-refractivity contribution < 1.29 is 9.59 Å². The zero-order valence-electron chi connectivity index (χ0n) is 23.2. The molecule has 2 aliphatic rings. The summed E-state index contributed by atoms with van der Waals surface area (Å²) in [5.74, 6) is 1.20. The number of rotatable bonds is 9. The van der Waals surface area contributed by atoms with Gasteiger partial charge in [-0.15, -0.1) is 0 Å². The van der Waals surface area contributed by atoms with Gasteiger partial charge in [0.15, 0.2) is 5.82 Å². The van der Waals surface area contributed by atoms with Crippen LogP contribution in [0.15, 0.2) is 54.7 Å². The SMILES string of the molecule is CN(C)C/C=C/C(=O)N[C@@H]1CNC[C@H]1NC(=O)c1ccc2c(c1)nc(-c1cc3cccnc3n1CC1CC1)n2C. The molecule has 0 radical (unpaired) electrons. The van der Waals surface area contributed by atoms with Crippen LogP contribution in [0.1, 0.15) is 23.2 Å². The Hall–Kier alpha value is -4.02. The van der Waals surface area contributed by atoms with E-state index in [1.165, 1.54) is 12.8 Å². The summed E-state index contributed by atoms with van der Waals surface area (Å²) in [6.07, 6.45) is 7.71. The van der Waals surface area contributed by atoms with E-state index in [1.54, 1.807) is 6.08 Å². The molecule has 6 rings (SSSR count). The molecule has 3 N–H and O–H groups in total. The van der Waals surface area contributed by atoms with Gasteiger partial charge in [-0.25, -0.2) is 9.97 Å². The van der Waals surface area contributed by atoms with Crippen molar-refractivity contribution in [2.24, 2.45) is 13.0 Å². The van der Waals surface area contributed by atoms with E-state index in [2.05, 4.69) is 42.2 Å². The summed E-state index contributed by atoms with van der Waals surface area (Å²) in [5.41, 5.74) is 4.29. The Balaban J connectivity index is 1.21. The van der Waals surface area contributed by atoms with E-state index in [0.717, 1.165) is 40.1 Å². The summed E-state index contributed by atoms with van der Waals surface area (Å²) in [5, 5.41) is 10.5. The van der Waals surface area contributed by atoms with Crippen LogP contribution >= 0.6 is 0 Å². The molecule has 2 amide bonds. The van der Waals surface area contributed by atoms with Crippen LogP contribution < -0.4 is 16.0 Å². The monoisotopic (exact) mass is 540 g/mol. The molecule has 208 valence electrons. The van der Waals surface area contributed by atoms with Crippen LogP contribution in [-0.2, 0) is 18.4 Å². The first kappa shape index (κ1) is 26.2. The maximum absolute atomic E-state index is 13.3. The van der Waals surface area contributed by atoms with Crippen LogP contribution in [0.5, 0.6) is 0 Å². The highest BCUT2D eigenvalue weighted by atomic mass is 16.2. The fraction of sp³-hybridized carbons (Fsp3) is 0.400. The Morgan fingerprint density at radius 1 is 1.12 bits per heavy atom. The molecule has 1 aliphatic heterocycles. The van der Waals surface area contributed by atoms with Crippen molar-refractivity contribution in [3.8, 4) is 11.5 Å². The van der Waals surface area contributed by atoms with E-state index < -0.39 is 0 Å². The molecule has 3 aromatic heterocycles. The minimum atomic E-state index is -0.209. The summed E-state index contributed by atoms with van der Waals surface area (Å²) < 4.78 is 4.38. The number of pyridine rings is 1. The topological polar surface area (TPSA) is 109 Å². The van der Waals surface area contributed by atoms with Gasteiger partial charge in [0.05, 0.1) is 28.8 Å². The van der Waals surface area contributed by atoms with Crippen LogP contribution in [0.25, 0.3) is 33.6 Å². The van der Waals surface area contributed by atoms with Gasteiger partial charge < -0.3 is 30.0 Å². The van der Waals surface area contributed by atoms with E-state index in [0.29, 0.717) is 31.1 Å². The Morgan fingerprint density at radius 2 is 1.93 bits per heavy atom. The quantitative estimate of drug-likeness (QED) is 0.281. The maximum Gasteiger partial charge on any atom is 0.251 e. The van der Waals surface area contributed by atoms with Crippen LogP contribution in [0.4, 0.5) is 0 Å². The summed E-state index contributed by atoms with van der Waals surface area (Å²) in [6, 6.07) is 11.5. The number of likely N-dealkylation sites (N-methyl/N-ethyl adjacent to an activating group) is 1. The average molecular weight is 541 g/mol. The first-order chi connectivity index (χ1) is 19.4. The van der Waals surface area contributed by atoms with Crippen LogP contribution in [0, 0.1) is 5.92 Å². The van der Waals surface area contributed by atoms with Crippen molar-refractivity contribution in [3.05, 3.63) is 60.3 Å². The summed E-state index contributed by atoms with van der Waals surface area (Å²) in [7, 11) is 5.91. The van der Waals surface area contributed by atoms with Gasteiger partial charge in [-0.1, -0.05) is 6.08 Å². The smallest absolute Gasteiger partial charge is 0.251 e. The number of aromatic nitrogens is 4. The van der Waals surface area contributed by atoms with Gasteiger partial charge in [-0.2, -0.15) is 0 Å². The number of hydrogen-bond donors (Lipinski definition) is 3. The Bertz CT molecular complexity index is 1600. The van der Waals surface area contributed by atoms with Crippen molar-refractivity contribution in [3.63, 3.8) is 0 Å². The Kier molecular flexibility index (Phi) is 7.12. The molecule has 0 unspecified atom stereocenters. The van der Waals surface area contributed by atoms with Gasteiger partial charge >= 0.3 is 0 Å². The number of benzene rings is 1. The molecule has 10 nitrogen and oxygen atoms in total. The van der Waals surface area contributed by atoms with Crippen LogP contribution in [-0.4, -0.2) is 81.6 Å². The molecule has 40 heavy (non-hydrogen) atoms. The van der Waals surface area contributed by atoms with Crippen molar-refractivity contribution >= 4 is 33.9 Å². The average Bonchev–Trinajstić information content (AvgIpc) is 3.41. The summed E-state index contributed by atoms with van der Waals surface area (Å²) in [6.45, 7) is 2.82. The largest absolute Gasteiger partial charge is 0.346 e. The molecule has 0 bridgehead atoms. The number of hydrogen-bond acceptors (Lipinski definition) is 6. The molecule has 10 heteroatoms. The number of carbonyl (C=O) groups is 2. The molecule has 1 aromatic carbocycles. The maximum atomic E-state index is 13.3. The second-order valence-electron chi connectivity index (χ2n) is 11.2. The third-order valence-electron chi connectivity index (χ3n) is 7.76. The lowest BCUT2D eigenvalue weighted by molar-refractivity contribution is -0.117. The number of aryl methyl sites for hydroxylation is 1. The van der Waals surface area contributed by atoms with Gasteiger partial charge in [-0.05, 0) is 69.3 Å². The van der Waals surface area contributed by atoms with Gasteiger partial charge in [0.25, 0.3) is 5.91 Å². The second-order valence-corrected chi connectivity index (χ2v) is 11.2. The van der Waals surface area contributed by atoms with E-state index in [4.69, 9.17) is 4.98 Å². The number of imidazole rings is 1. The standard InChI is InChI=1S/C30H36N8O2/c1-36(2)13-5-7-27(39)33-23-16-31-17-24(23)35-30(40)21-10-11-25-22(14-21)34-29(37(25)3)26-15-20-6-4-12-32-28(20)38(26)18-19-8-9-19/h4-7,10-12,14-15,19,23-24,31H,8-9,13,16-18H2,1-3H3,(H,33,39)(H,35,40)/b7-5+/t23-,24-/m1/s1. The predicted octanol–water partition coefficient (Wildman–Crippen LogP) is 2.30. The molecule has 1 aliphatic carbocycles. The molecule has 4 aromatic rings. The van der Waals surface area contributed by atoms with E-state index >= 15 is 0 Å². The van der Waals surface area contributed by atoms with Crippen LogP contribution in [0.3, 0.4) is 0 Å². The number of nitrogens with zero attached hydrogens (tertiary/aromatic N) is 5. The zero-order valence-corrected chi connectivity index (χ0v) is 23.2. The molecule has 2 atom stereocenters. The van der Waals surface area contributed by atoms with E-state index in [9.17, 15) is 9.59 Å². The minimum absolute atomic E-state index is 0.161.